The second-order valence-electron chi connectivity index (χ2n) is 5.56. The molecule has 0 aromatic rings. The highest BCUT2D eigenvalue weighted by Gasteiger charge is 2.42. The zero-order chi connectivity index (χ0) is 14.2. The van der Waals surface area contributed by atoms with Crippen molar-refractivity contribution in [3.8, 4) is 0 Å². The van der Waals surface area contributed by atoms with Crippen LogP contribution in [0.5, 0.6) is 0 Å². The number of carboxylic acids is 1. The molecule has 19 heavy (non-hydrogen) atoms. The minimum atomic E-state index is -0.989. The van der Waals surface area contributed by atoms with E-state index in [1.807, 2.05) is 0 Å². The first kappa shape index (κ1) is 13.7. The average molecular weight is 262 g/mol. The molecule has 2 bridgehead atoms. The van der Waals surface area contributed by atoms with E-state index in [-0.39, 0.29) is 29.8 Å². The van der Waals surface area contributed by atoms with Crippen LogP contribution in [-0.2, 0) is 14.4 Å². The molecule has 0 spiro atoms. The predicted octanol–water partition coefficient (Wildman–Crippen LogP) is 2.15. The van der Waals surface area contributed by atoms with Crippen molar-refractivity contribution in [2.24, 2.45) is 17.8 Å². The van der Waals surface area contributed by atoms with Crippen molar-refractivity contribution in [1.82, 2.24) is 0 Å². The van der Waals surface area contributed by atoms with Crippen LogP contribution in [-0.4, -0.2) is 22.6 Å². The van der Waals surface area contributed by atoms with Crippen molar-refractivity contribution in [3.05, 3.63) is 23.8 Å². The molecule has 0 heterocycles. The van der Waals surface area contributed by atoms with E-state index in [0.717, 1.165) is 24.8 Å². The molecule has 2 fully saturated rings. The summed E-state index contributed by atoms with van der Waals surface area (Å²) in [6, 6.07) is 0. The standard InChI is InChI=1S/C15H18O4/c1-8-3-4-10-6-12(8)14(17)13(10)7-11(16)5-9(2)15(18)19/h7,9-10,12H,1,3-6H2,2H3,(H,18,19)/t9-,10+,12+/m0/s1. The molecular weight excluding hydrogens is 244 g/mol. The Morgan fingerprint density at radius 1 is 1.53 bits per heavy atom. The fraction of sp³-hybridized carbons (Fsp3) is 0.533. The van der Waals surface area contributed by atoms with Gasteiger partial charge in [0.05, 0.1) is 5.92 Å². The Labute approximate surface area is 112 Å². The summed E-state index contributed by atoms with van der Waals surface area (Å²) in [5.41, 5.74) is 1.56. The van der Waals surface area contributed by atoms with Crippen molar-refractivity contribution >= 4 is 17.5 Å². The molecule has 0 aromatic carbocycles. The first-order valence-corrected chi connectivity index (χ1v) is 6.59. The van der Waals surface area contributed by atoms with Crippen molar-refractivity contribution < 1.29 is 19.5 Å². The van der Waals surface area contributed by atoms with Crippen LogP contribution in [0.25, 0.3) is 0 Å². The summed E-state index contributed by atoms with van der Waals surface area (Å²) >= 11 is 0. The van der Waals surface area contributed by atoms with E-state index in [1.165, 1.54) is 13.0 Å². The second kappa shape index (κ2) is 5.11. The number of fused-ring (bicyclic) bond motifs is 2. The smallest absolute Gasteiger partial charge is 0.306 e. The van der Waals surface area contributed by atoms with Gasteiger partial charge in [0.25, 0.3) is 0 Å². The van der Waals surface area contributed by atoms with Gasteiger partial charge in [-0.05, 0) is 31.3 Å². The number of rotatable bonds is 4. The van der Waals surface area contributed by atoms with Crippen LogP contribution in [0, 0.1) is 17.8 Å². The highest BCUT2D eigenvalue weighted by atomic mass is 16.4. The van der Waals surface area contributed by atoms with E-state index in [0.29, 0.717) is 5.57 Å². The zero-order valence-electron chi connectivity index (χ0n) is 11.0. The molecule has 0 radical (unpaired) electrons. The fourth-order valence-corrected chi connectivity index (χ4v) is 2.89. The van der Waals surface area contributed by atoms with Crippen molar-refractivity contribution in [1.29, 1.82) is 0 Å². The summed E-state index contributed by atoms with van der Waals surface area (Å²) in [6.45, 7) is 5.41. The Morgan fingerprint density at radius 3 is 2.79 bits per heavy atom. The first-order valence-electron chi connectivity index (χ1n) is 6.59. The number of ketones is 2. The third-order valence-corrected chi connectivity index (χ3v) is 4.11. The molecule has 1 N–H and O–H groups in total. The van der Waals surface area contributed by atoms with E-state index in [1.54, 1.807) is 0 Å². The van der Waals surface area contributed by atoms with Crippen molar-refractivity contribution in [2.75, 3.05) is 0 Å². The van der Waals surface area contributed by atoms with Crippen LogP contribution in [0.2, 0.25) is 0 Å². The summed E-state index contributed by atoms with van der Waals surface area (Å²) in [4.78, 5) is 34.7. The quantitative estimate of drug-likeness (QED) is 0.622. The molecule has 2 aliphatic rings. The maximum absolute atomic E-state index is 12.2. The number of allylic oxidation sites excluding steroid dienone is 3. The number of Topliss-reactive ketones (excluding diaryl/α,β-unsaturated/α-hetero) is 1. The van der Waals surface area contributed by atoms with Crippen LogP contribution in [0.3, 0.4) is 0 Å². The Bertz CT molecular complexity index is 486. The highest BCUT2D eigenvalue weighted by molar-refractivity contribution is 6.07. The van der Waals surface area contributed by atoms with Crippen LogP contribution in [0.1, 0.15) is 32.6 Å². The summed E-state index contributed by atoms with van der Waals surface area (Å²) < 4.78 is 0. The number of hydrogen-bond donors (Lipinski definition) is 1. The van der Waals surface area contributed by atoms with Crippen LogP contribution in [0.15, 0.2) is 23.8 Å². The molecular formula is C15H18O4. The van der Waals surface area contributed by atoms with Gasteiger partial charge in [-0.1, -0.05) is 19.1 Å². The van der Waals surface area contributed by atoms with Gasteiger partial charge in [0.2, 0.25) is 0 Å². The van der Waals surface area contributed by atoms with Gasteiger partial charge in [-0.15, -0.1) is 0 Å². The van der Waals surface area contributed by atoms with Gasteiger partial charge in [0, 0.05) is 17.9 Å². The van der Waals surface area contributed by atoms with Crippen molar-refractivity contribution in [2.45, 2.75) is 32.6 Å². The zero-order valence-corrected chi connectivity index (χ0v) is 11.0. The predicted molar refractivity (Wildman–Crippen MR) is 69.5 cm³/mol. The van der Waals surface area contributed by atoms with Gasteiger partial charge in [-0.2, -0.15) is 0 Å². The molecule has 3 atom stereocenters. The normalized spacial score (nSPS) is 29.6. The number of hydrogen-bond acceptors (Lipinski definition) is 3. The molecule has 4 heteroatoms. The van der Waals surface area contributed by atoms with Gasteiger partial charge in [-0.3, -0.25) is 14.4 Å². The Kier molecular flexibility index (Phi) is 3.69. The number of carbonyl (C=O) groups excluding carboxylic acids is 2. The maximum atomic E-state index is 12.2. The van der Waals surface area contributed by atoms with Gasteiger partial charge >= 0.3 is 5.97 Å². The summed E-state index contributed by atoms with van der Waals surface area (Å²) in [6.07, 6.45) is 3.81. The molecule has 0 aliphatic heterocycles. The molecule has 0 unspecified atom stereocenters. The topological polar surface area (TPSA) is 71.4 Å². The minimum Gasteiger partial charge on any atom is -0.481 e. The molecule has 102 valence electrons. The van der Waals surface area contributed by atoms with Gasteiger partial charge in [0.15, 0.2) is 11.6 Å². The van der Waals surface area contributed by atoms with E-state index >= 15 is 0 Å². The second-order valence-corrected chi connectivity index (χ2v) is 5.56. The lowest BCUT2D eigenvalue weighted by atomic mass is 9.85. The number of aliphatic carboxylic acids is 1. The lowest BCUT2D eigenvalue weighted by Crippen LogP contribution is -2.14. The number of carboxylic acid groups (broad SMARTS) is 1. The molecule has 0 aromatic heterocycles. The van der Waals surface area contributed by atoms with Crippen LogP contribution >= 0.6 is 0 Å². The molecule has 2 rings (SSSR count). The van der Waals surface area contributed by atoms with Gasteiger partial charge in [0.1, 0.15) is 0 Å². The molecule has 0 amide bonds. The minimum absolute atomic E-state index is 0.0174. The molecule has 0 saturated heterocycles. The average Bonchev–Trinajstić information content (AvgIpc) is 2.59. The molecule has 4 nitrogen and oxygen atoms in total. The van der Waals surface area contributed by atoms with E-state index < -0.39 is 11.9 Å². The van der Waals surface area contributed by atoms with Gasteiger partial charge < -0.3 is 5.11 Å². The maximum Gasteiger partial charge on any atom is 0.306 e. The van der Waals surface area contributed by atoms with Crippen molar-refractivity contribution in [3.63, 3.8) is 0 Å². The Morgan fingerprint density at radius 2 is 2.21 bits per heavy atom. The van der Waals surface area contributed by atoms with Gasteiger partial charge in [-0.25, -0.2) is 0 Å². The molecule has 2 saturated carbocycles. The van der Waals surface area contributed by atoms with Crippen LogP contribution in [0.4, 0.5) is 0 Å². The summed E-state index contributed by atoms with van der Waals surface area (Å²) in [5, 5.41) is 8.78. The van der Waals surface area contributed by atoms with E-state index in [2.05, 4.69) is 6.58 Å². The summed E-state index contributed by atoms with van der Waals surface area (Å²) in [7, 11) is 0. The van der Waals surface area contributed by atoms with E-state index in [9.17, 15) is 14.4 Å². The first-order chi connectivity index (χ1) is 8.90. The fourth-order valence-electron chi connectivity index (χ4n) is 2.89. The summed E-state index contributed by atoms with van der Waals surface area (Å²) in [5.74, 6) is -1.91. The highest BCUT2D eigenvalue weighted by Crippen LogP contribution is 2.45. The Hall–Kier alpha value is -1.71. The third-order valence-electron chi connectivity index (χ3n) is 4.11. The monoisotopic (exact) mass is 262 g/mol. The van der Waals surface area contributed by atoms with Crippen LogP contribution < -0.4 is 0 Å². The molecule has 2 aliphatic carbocycles. The number of carbonyl (C=O) groups is 3. The third kappa shape index (κ3) is 2.67. The lowest BCUT2D eigenvalue weighted by Gasteiger charge is -2.18. The Balaban J connectivity index is 2.11. The van der Waals surface area contributed by atoms with E-state index in [4.69, 9.17) is 5.11 Å². The lowest BCUT2D eigenvalue weighted by molar-refractivity contribution is -0.142. The SMILES string of the molecule is C=C1CC[C@@H]2C[C@H]1C(=O)C2=CC(=O)C[C@H](C)C(=O)O. The largest absolute Gasteiger partial charge is 0.481 e.